The Morgan fingerprint density at radius 2 is 2.33 bits per heavy atom. The number of carboxylic acid groups (broad SMARTS) is 1. The van der Waals surface area contributed by atoms with Crippen LogP contribution in [0.2, 0.25) is 0 Å². The summed E-state index contributed by atoms with van der Waals surface area (Å²) in [6, 6.07) is 1.72. The number of carbonyl (C=O) groups is 2. The van der Waals surface area contributed by atoms with Gasteiger partial charge in [0, 0.05) is 18.0 Å². The van der Waals surface area contributed by atoms with Crippen molar-refractivity contribution in [2.24, 2.45) is 11.7 Å². The first kappa shape index (κ1) is 13.0. The van der Waals surface area contributed by atoms with Crippen LogP contribution in [-0.2, 0) is 11.3 Å². The molecule has 1 aliphatic rings. The third kappa shape index (κ3) is 2.70. The largest absolute Gasteiger partial charge is 0.477 e. The molecule has 0 bridgehead atoms. The fourth-order valence-corrected chi connectivity index (χ4v) is 3.10. The van der Waals surface area contributed by atoms with E-state index < -0.39 is 5.97 Å². The van der Waals surface area contributed by atoms with Crippen LogP contribution in [0, 0.1) is 12.8 Å². The van der Waals surface area contributed by atoms with Gasteiger partial charge in [-0.25, -0.2) is 4.79 Å². The second-order valence-electron chi connectivity index (χ2n) is 4.62. The summed E-state index contributed by atoms with van der Waals surface area (Å²) in [5.41, 5.74) is 6.32. The summed E-state index contributed by atoms with van der Waals surface area (Å²) in [6.45, 7) is 4.13. The summed E-state index contributed by atoms with van der Waals surface area (Å²) in [5, 5.41) is 8.93. The molecule has 5 nitrogen and oxygen atoms in total. The first-order chi connectivity index (χ1) is 8.47. The van der Waals surface area contributed by atoms with Gasteiger partial charge in [0.2, 0.25) is 5.91 Å². The molecule has 0 aliphatic carbocycles. The number of thiophene rings is 1. The molecule has 1 amide bonds. The predicted octanol–water partition coefficient (Wildman–Crippen LogP) is 1.06. The second kappa shape index (κ2) is 5.07. The molecule has 0 radical (unpaired) electrons. The second-order valence-corrected chi connectivity index (χ2v) is 5.88. The molecular formula is C12H16N2O3S. The Balaban J connectivity index is 2.02. The maximum atomic E-state index is 11.1. The molecule has 6 heteroatoms. The van der Waals surface area contributed by atoms with E-state index in [1.165, 1.54) is 11.3 Å². The smallest absolute Gasteiger partial charge is 0.345 e. The van der Waals surface area contributed by atoms with Crippen molar-refractivity contribution in [1.29, 1.82) is 0 Å². The number of aromatic carboxylic acids is 1. The molecule has 0 aromatic carbocycles. The average Bonchev–Trinajstić information content (AvgIpc) is 2.87. The van der Waals surface area contributed by atoms with Crippen molar-refractivity contribution in [3.05, 3.63) is 21.4 Å². The maximum absolute atomic E-state index is 11.1. The van der Waals surface area contributed by atoms with Crippen LogP contribution in [0.25, 0.3) is 0 Å². The van der Waals surface area contributed by atoms with E-state index in [1.807, 2.05) is 6.92 Å². The number of nitrogens with zero attached hydrogens (tertiary/aromatic N) is 1. The minimum absolute atomic E-state index is 0.0668. The first-order valence-corrected chi connectivity index (χ1v) is 6.63. The standard InChI is InChI=1S/C12H16N2O3S/c1-7-9(4-10(18-7)12(16)17)6-14-3-2-8(5-14)11(13)15/h4,8H,2-3,5-6H2,1H3,(H2,13,15)(H,16,17). The quantitative estimate of drug-likeness (QED) is 0.855. The molecule has 1 aromatic heterocycles. The summed E-state index contributed by atoms with van der Waals surface area (Å²) in [4.78, 5) is 25.5. The highest BCUT2D eigenvalue weighted by Gasteiger charge is 2.27. The lowest BCUT2D eigenvalue weighted by Gasteiger charge is -2.14. The highest BCUT2D eigenvalue weighted by molar-refractivity contribution is 7.14. The molecule has 1 aliphatic heterocycles. The number of carbonyl (C=O) groups excluding carboxylic acids is 1. The zero-order chi connectivity index (χ0) is 13.3. The SMILES string of the molecule is Cc1sc(C(=O)O)cc1CN1CCC(C(N)=O)C1. The van der Waals surface area contributed by atoms with Crippen LogP contribution in [-0.4, -0.2) is 35.0 Å². The van der Waals surface area contributed by atoms with E-state index in [-0.39, 0.29) is 11.8 Å². The van der Waals surface area contributed by atoms with Crippen LogP contribution >= 0.6 is 11.3 Å². The molecule has 2 rings (SSSR count). The lowest BCUT2D eigenvalue weighted by molar-refractivity contribution is -0.121. The fraction of sp³-hybridized carbons (Fsp3) is 0.500. The maximum Gasteiger partial charge on any atom is 0.345 e. The minimum Gasteiger partial charge on any atom is -0.477 e. The summed E-state index contributed by atoms with van der Waals surface area (Å²) in [5.74, 6) is -1.19. The van der Waals surface area contributed by atoms with Gasteiger partial charge in [0.15, 0.2) is 0 Å². The van der Waals surface area contributed by atoms with Gasteiger partial charge in [0.1, 0.15) is 4.88 Å². The number of nitrogens with two attached hydrogens (primary N) is 1. The molecule has 1 unspecified atom stereocenters. The summed E-state index contributed by atoms with van der Waals surface area (Å²) < 4.78 is 0. The van der Waals surface area contributed by atoms with Crippen molar-refractivity contribution in [2.45, 2.75) is 19.9 Å². The van der Waals surface area contributed by atoms with E-state index in [9.17, 15) is 9.59 Å². The summed E-state index contributed by atoms with van der Waals surface area (Å²) in [6.07, 6.45) is 0.796. The number of hydrogen-bond acceptors (Lipinski definition) is 4. The van der Waals surface area contributed by atoms with Crippen LogP contribution in [0.15, 0.2) is 6.07 Å². The Labute approximate surface area is 109 Å². The van der Waals surface area contributed by atoms with Crippen LogP contribution in [0.3, 0.4) is 0 Å². The van der Waals surface area contributed by atoms with E-state index >= 15 is 0 Å². The normalized spacial score (nSPS) is 20.2. The van der Waals surface area contributed by atoms with Gasteiger partial charge in [-0.2, -0.15) is 0 Å². The monoisotopic (exact) mass is 268 g/mol. The third-order valence-electron chi connectivity index (χ3n) is 3.30. The van der Waals surface area contributed by atoms with Gasteiger partial charge in [-0.3, -0.25) is 9.69 Å². The van der Waals surface area contributed by atoms with Gasteiger partial charge in [0.05, 0.1) is 5.92 Å². The van der Waals surface area contributed by atoms with Crippen molar-refractivity contribution < 1.29 is 14.7 Å². The highest BCUT2D eigenvalue weighted by atomic mass is 32.1. The Morgan fingerprint density at radius 1 is 1.61 bits per heavy atom. The van der Waals surface area contributed by atoms with Gasteiger partial charge in [0.25, 0.3) is 0 Å². The highest BCUT2D eigenvalue weighted by Crippen LogP contribution is 2.25. The van der Waals surface area contributed by atoms with Crippen molar-refractivity contribution in [3.8, 4) is 0 Å². The van der Waals surface area contributed by atoms with Gasteiger partial charge in [-0.05, 0) is 31.5 Å². The fourth-order valence-electron chi connectivity index (χ4n) is 2.23. The van der Waals surface area contributed by atoms with Crippen LogP contribution in [0.4, 0.5) is 0 Å². The van der Waals surface area contributed by atoms with E-state index in [0.29, 0.717) is 18.0 Å². The summed E-state index contributed by atoms with van der Waals surface area (Å²) in [7, 11) is 0. The zero-order valence-electron chi connectivity index (χ0n) is 10.2. The molecule has 1 atom stereocenters. The van der Waals surface area contributed by atoms with E-state index in [4.69, 9.17) is 10.8 Å². The number of rotatable bonds is 4. The number of hydrogen-bond donors (Lipinski definition) is 2. The zero-order valence-corrected chi connectivity index (χ0v) is 11.0. The average molecular weight is 268 g/mol. The van der Waals surface area contributed by atoms with E-state index in [0.717, 1.165) is 23.4 Å². The molecular weight excluding hydrogens is 252 g/mol. The number of aryl methyl sites for hydroxylation is 1. The first-order valence-electron chi connectivity index (χ1n) is 5.81. The van der Waals surface area contributed by atoms with Crippen LogP contribution < -0.4 is 5.73 Å². The third-order valence-corrected chi connectivity index (χ3v) is 4.38. The molecule has 1 saturated heterocycles. The van der Waals surface area contributed by atoms with Crippen molar-refractivity contribution >= 4 is 23.2 Å². The molecule has 18 heavy (non-hydrogen) atoms. The van der Waals surface area contributed by atoms with Gasteiger partial charge in [-0.15, -0.1) is 11.3 Å². The molecule has 2 heterocycles. The lowest BCUT2D eigenvalue weighted by atomic mass is 10.1. The predicted molar refractivity (Wildman–Crippen MR) is 68.6 cm³/mol. The van der Waals surface area contributed by atoms with Crippen LogP contribution in [0.1, 0.15) is 26.5 Å². The number of primary amides is 1. The van der Waals surface area contributed by atoms with Crippen LogP contribution in [0.5, 0.6) is 0 Å². The molecule has 98 valence electrons. The summed E-state index contributed by atoms with van der Waals surface area (Å²) >= 11 is 1.30. The molecule has 3 N–H and O–H groups in total. The van der Waals surface area contributed by atoms with Gasteiger partial charge >= 0.3 is 5.97 Å². The molecule has 1 aromatic rings. The topological polar surface area (TPSA) is 83.6 Å². The number of likely N-dealkylation sites (tertiary alicyclic amines) is 1. The Kier molecular flexibility index (Phi) is 3.68. The van der Waals surface area contributed by atoms with Crippen molar-refractivity contribution in [1.82, 2.24) is 4.90 Å². The minimum atomic E-state index is -0.884. The Bertz CT molecular complexity index is 484. The molecule has 1 fully saturated rings. The number of carboxylic acids is 1. The Hall–Kier alpha value is -1.40. The number of amides is 1. The van der Waals surface area contributed by atoms with E-state index in [2.05, 4.69) is 4.90 Å². The van der Waals surface area contributed by atoms with Crippen molar-refractivity contribution in [3.63, 3.8) is 0 Å². The Morgan fingerprint density at radius 3 is 2.83 bits per heavy atom. The van der Waals surface area contributed by atoms with Gasteiger partial charge in [-0.1, -0.05) is 0 Å². The molecule has 0 spiro atoms. The lowest BCUT2D eigenvalue weighted by Crippen LogP contribution is -2.27. The molecule has 0 saturated carbocycles. The van der Waals surface area contributed by atoms with E-state index in [1.54, 1.807) is 6.07 Å². The van der Waals surface area contributed by atoms with Crippen molar-refractivity contribution in [2.75, 3.05) is 13.1 Å². The van der Waals surface area contributed by atoms with Gasteiger partial charge < -0.3 is 10.8 Å².